The highest BCUT2D eigenvalue weighted by Crippen LogP contribution is 2.37. The first-order chi connectivity index (χ1) is 17.8. The van der Waals surface area contributed by atoms with Crippen molar-refractivity contribution >= 4 is 14.4 Å². The number of amides is 1. The van der Waals surface area contributed by atoms with E-state index in [0.717, 1.165) is 31.6 Å². The zero-order chi connectivity index (χ0) is 28.0. The first-order valence-electron chi connectivity index (χ1n) is 14.0. The van der Waals surface area contributed by atoms with Crippen molar-refractivity contribution in [2.75, 3.05) is 32.9 Å². The number of benzene rings is 1. The van der Waals surface area contributed by atoms with E-state index in [4.69, 9.17) is 18.6 Å². The number of nitrogens with one attached hydrogen (secondary N) is 2. The number of aliphatic hydroxyl groups is 1. The van der Waals surface area contributed by atoms with Crippen molar-refractivity contribution in [3.05, 3.63) is 35.9 Å². The van der Waals surface area contributed by atoms with Crippen LogP contribution in [0.15, 0.2) is 30.3 Å². The lowest BCUT2D eigenvalue weighted by atomic mass is 9.89. The number of rotatable bonds is 13. The fourth-order valence-corrected chi connectivity index (χ4v) is 5.66. The van der Waals surface area contributed by atoms with Crippen LogP contribution in [0, 0.1) is 11.3 Å². The molecule has 8 nitrogen and oxygen atoms in total. The van der Waals surface area contributed by atoms with Crippen molar-refractivity contribution in [3.63, 3.8) is 0 Å². The van der Waals surface area contributed by atoms with Gasteiger partial charge in [-0.05, 0) is 48.4 Å². The van der Waals surface area contributed by atoms with E-state index in [0.29, 0.717) is 26.2 Å². The van der Waals surface area contributed by atoms with Gasteiger partial charge >= 0.3 is 6.09 Å². The van der Waals surface area contributed by atoms with Gasteiger partial charge in [0.2, 0.25) is 0 Å². The van der Waals surface area contributed by atoms with E-state index in [9.17, 15) is 9.90 Å². The van der Waals surface area contributed by atoms with E-state index in [2.05, 4.69) is 58.3 Å². The summed E-state index contributed by atoms with van der Waals surface area (Å²) in [5, 5.41) is 17.6. The Labute approximate surface area is 230 Å². The van der Waals surface area contributed by atoms with Crippen LogP contribution >= 0.6 is 0 Å². The number of aliphatic hydroxyl groups excluding tert-OH is 1. The van der Waals surface area contributed by atoms with Crippen LogP contribution in [0.3, 0.4) is 0 Å². The van der Waals surface area contributed by atoms with E-state index in [-0.39, 0.29) is 28.8 Å². The predicted molar refractivity (Wildman–Crippen MR) is 152 cm³/mol. The maximum absolute atomic E-state index is 12.8. The fourth-order valence-electron chi connectivity index (χ4n) is 4.61. The highest BCUT2D eigenvalue weighted by molar-refractivity contribution is 6.74. The van der Waals surface area contributed by atoms with Gasteiger partial charge in [-0.15, -0.1) is 0 Å². The Balaban J connectivity index is 1.50. The molecule has 2 heterocycles. The average molecular weight is 551 g/mol. The second kappa shape index (κ2) is 13.2. The number of fused-ring (bicyclic) bond motifs is 1. The van der Waals surface area contributed by atoms with Gasteiger partial charge in [0.1, 0.15) is 6.10 Å². The second-order valence-electron chi connectivity index (χ2n) is 13.1. The Kier molecular flexibility index (Phi) is 10.8. The summed E-state index contributed by atoms with van der Waals surface area (Å²) in [6, 6.07) is 9.36. The van der Waals surface area contributed by atoms with Crippen LogP contribution in [0.2, 0.25) is 18.1 Å². The molecule has 3 N–H and O–H groups in total. The maximum atomic E-state index is 12.8. The molecule has 38 heavy (non-hydrogen) atoms. The van der Waals surface area contributed by atoms with Gasteiger partial charge in [-0.3, -0.25) is 0 Å². The summed E-state index contributed by atoms with van der Waals surface area (Å²) in [6.45, 7) is 18.5. The van der Waals surface area contributed by atoms with Gasteiger partial charge in [-0.2, -0.15) is 0 Å². The summed E-state index contributed by atoms with van der Waals surface area (Å²) in [5.74, 6) is 0.0720. The molecule has 0 aromatic heterocycles. The summed E-state index contributed by atoms with van der Waals surface area (Å²) in [7, 11) is -1.77. The van der Waals surface area contributed by atoms with Crippen LogP contribution < -0.4 is 10.6 Å². The van der Waals surface area contributed by atoms with Crippen LogP contribution in [-0.4, -0.2) is 77.0 Å². The molecular formula is C29H50N2O6Si. The number of carbonyl (C=O) groups excluding carboxylic acids is 1. The molecule has 3 rings (SSSR count). The lowest BCUT2D eigenvalue weighted by Gasteiger charge is -2.37. The number of hydrogen-bond acceptors (Lipinski definition) is 7. The molecule has 5 atom stereocenters. The zero-order valence-electron chi connectivity index (χ0n) is 24.4. The molecule has 0 spiro atoms. The van der Waals surface area contributed by atoms with Crippen molar-refractivity contribution in [2.24, 2.45) is 11.3 Å². The summed E-state index contributed by atoms with van der Waals surface area (Å²) in [4.78, 5) is 12.8. The Morgan fingerprint density at radius 2 is 1.87 bits per heavy atom. The number of carbonyl (C=O) groups is 1. The van der Waals surface area contributed by atoms with E-state index < -0.39 is 26.6 Å². The molecule has 2 saturated heterocycles. The molecule has 0 saturated carbocycles. The molecule has 2 aliphatic rings. The van der Waals surface area contributed by atoms with Gasteiger partial charge in [0, 0.05) is 19.7 Å². The summed E-state index contributed by atoms with van der Waals surface area (Å²) in [6.07, 6.45) is 0.315. The third-order valence-corrected chi connectivity index (χ3v) is 12.9. The van der Waals surface area contributed by atoms with E-state index >= 15 is 0 Å². The summed E-state index contributed by atoms with van der Waals surface area (Å²) < 4.78 is 23.2. The molecule has 2 fully saturated rings. The smallest absolute Gasteiger partial charge is 0.407 e. The standard InChI is InChI=1S/C29H50N2O6Si/c1-28(2,3)38(6,7)36-16-14-29(4,5)20-30-18-24(32)23(17-21-11-9-8-10-12-21)31-27(33)37-25-19-35-26-22(25)13-15-34-26/h8-12,22-26,30,32H,13-20H2,1-7H3,(H,31,33)/t22-,23-,24+,25-,26+/m0/s1. The first-order valence-corrected chi connectivity index (χ1v) is 17.0. The lowest BCUT2D eigenvalue weighted by Crippen LogP contribution is -2.50. The topological polar surface area (TPSA) is 98.3 Å². The average Bonchev–Trinajstić information content (AvgIpc) is 3.43. The van der Waals surface area contributed by atoms with Crippen molar-refractivity contribution in [2.45, 2.75) is 96.6 Å². The molecule has 9 heteroatoms. The third kappa shape index (κ3) is 9.03. The molecule has 0 radical (unpaired) electrons. The van der Waals surface area contributed by atoms with Crippen molar-refractivity contribution in [1.29, 1.82) is 0 Å². The van der Waals surface area contributed by atoms with Gasteiger partial charge in [-0.1, -0.05) is 65.0 Å². The Hall–Kier alpha value is -1.49. The Morgan fingerprint density at radius 1 is 1.16 bits per heavy atom. The van der Waals surface area contributed by atoms with Crippen LogP contribution in [0.4, 0.5) is 4.79 Å². The van der Waals surface area contributed by atoms with Crippen LogP contribution in [-0.2, 0) is 25.1 Å². The SMILES string of the molecule is CC(C)(CCO[Si](C)(C)C(C)(C)C)CNC[C@@H](O)[C@H](Cc1ccccc1)NC(=O)O[C@H]1CO[C@H]2OCC[C@H]21. The molecule has 0 unspecified atom stereocenters. The van der Waals surface area contributed by atoms with Crippen molar-refractivity contribution in [1.82, 2.24) is 10.6 Å². The normalized spacial score (nSPS) is 23.6. The van der Waals surface area contributed by atoms with Crippen molar-refractivity contribution in [3.8, 4) is 0 Å². The quantitative estimate of drug-likeness (QED) is 0.312. The monoisotopic (exact) mass is 550 g/mol. The fraction of sp³-hybridized carbons (Fsp3) is 0.759. The molecule has 0 aliphatic carbocycles. The molecular weight excluding hydrogens is 500 g/mol. The minimum Gasteiger partial charge on any atom is -0.443 e. The number of ether oxygens (including phenoxy) is 3. The van der Waals surface area contributed by atoms with Gasteiger partial charge in [0.25, 0.3) is 0 Å². The first kappa shape index (κ1) is 31.0. The van der Waals surface area contributed by atoms with Crippen LogP contribution in [0.1, 0.15) is 53.0 Å². The zero-order valence-corrected chi connectivity index (χ0v) is 25.4. The molecule has 0 bridgehead atoms. The number of hydrogen-bond donors (Lipinski definition) is 3. The maximum Gasteiger partial charge on any atom is 0.407 e. The third-order valence-electron chi connectivity index (χ3n) is 8.31. The molecule has 1 aromatic carbocycles. The van der Waals surface area contributed by atoms with E-state index in [1.165, 1.54) is 0 Å². The van der Waals surface area contributed by atoms with Gasteiger partial charge in [0.15, 0.2) is 14.6 Å². The molecule has 2 aliphatic heterocycles. The number of alkyl carbamates (subject to hydrolysis) is 1. The van der Waals surface area contributed by atoms with Gasteiger partial charge < -0.3 is 34.4 Å². The van der Waals surface area contributed by atoms with Gasteiger partial charge in [0.05, 0.1) is 31.3 Å². The molecule has 1 amide bonds. The lowest BCUT2D eigenvalue weighted by molar-refractivity contribution is -0.0907. The minimum atomic E-state index is -1.77. The Bertz CT molecular complexity index is 876. The van der Waals surface area contributed by atoms with Crippen LogP contribution in [0.5, 0.6) is 0 Å². The van der Waals surface area contributed by atoms with E-state index in [1.54, 1.807) is 0 Å². The largest absolute Gasteiger partial charge is 0.443 e. The molecule has 1 aromatic rings. The van der Waals surface area contributed by atoms with Crippen LogP contribution in [0.25, 0.3) is 0 Å². The highest BCUT2D eigenvalue weighted by Gasteiger charge is 2.44. The predicted octanol–water partition coefficient (Wildman–Crippen LogP) is 4.47. The summed E-state index contributed by atoms with van der Waals surface area (Å²) >= 11 is 0. The Morgan fingerprint density at radius 3 is 2.55 bits per heavy atom. The minimum absolute atomic E-state index is 0.00569. The second-order valence-corrected chi connectivity index (χ2v) is 17.9. The molecule has 216 valence electrons. The van der Waals surface area contributed by atoms with E-state index in [1.807, 2.05) is 30.3 Å². The summed E-state index contributed by atoms with van der Waals surface area (Å²) in [5.41, 5.74) is 1.04. The van der Waals surface area contributed by atoms with Crippen molar-refractivity contribution < 1.29 is 28.5 Å². The van der Waals surface area contributed by atoms with Gasteiger partial charge in [-0.25, -0.2) is 4.79 Å². The highest BCUT2D eigenvalue weighted by atomic mass is 28.4.